The van der Waals surface area contributed by atoms with Gasteiger partial charge in [-0.3, -0.25) is 9.59 Å². The molecule has 4 aromatic rings. The molecule has 0 aliphatic rings. The zero-order valence-corrected chi connectivity index (χ0v) is 20.4. The lowest BCUT2D eigenvalue weighted by Gasteiger charge is -2.17. The van der Waals surface area contributed by atoms with Crippen molar-refractivity contribution in [3.05, 3.63) is 102 Å². The molecule has 0 saturated carbocycles. The van der Waals surface area contributed by atoms with Crippen LogP contribution in [0.3, 0.4) is 0 Å². The monoisotopic (exact) mass is 468 g/mol. The Balaban J connectivity index is 1.44. The Morgan fingerprint density at radius 1 is 0.824 bits per heavy atom. The molecule has 1 atom stereocenters. The van der Waals surface area contributed by atoms with E-state index < -0.39 is 0 Å². The van der Waals surface area contributed by atoms with Crippen LogP contribution in [0, 0.1) is 13.8 Å². The minimum atomic E-state index is -0.244. The molecule has 0 saturated heterocycles. The third kappa shape index (κ3) is 5.67. The summed E-state index contributed by atoms with van der Waals surface area (Å²) in [4.78, 5) is 26.7. The molecule has 0 aromatic heterocycles. The fourth-order valence-electron chi connectivity index (χ4n) is 3.75. The molecular formula is C29H28N2O2S. The lowest BCUT2D eigenvalue weighted by molar-refractivity contribution is -0.115. The molecule has 4 rings (SSSR count). The molecule has 0 radical (unpaired) electrons. The smallest absolute Gasteiger partial charge is 0.255 e. The quantitative estimate of drug-likeness (QED) is 0.282. The molecule has 34 heavy (non-hydrogen) atoms. The summed E-state index contributed by atoms with van der Waals surface area (Å²) in [5, 5.41) is 7.94. The van der Waals surface area contributed by atoms with Crippen molar-refractivity contribution in [2.45, 2.75) is 37.3 Å². The van der Waals surface area contributed by atoms with Gasteiger partial charge in [0.2, 0.25) is 5.91 Å². The Morgan fingerprint density at radius 3 is 2.41 bits per heavy atom. The molecule has 0 aliphatic heterocycles. The summed E-state index contributed by atoms with van der Waals surface area (Å²) in [5.74, 6) is -0.181. The van der Waals surface area contributed by atoms with Crippen LogP contribution in [0.1, 0.15) is 34.8 Å². The van der Waals surface area contributed by atoms with E-state index in [0.717, 1.165) is 32.5 Å². The number of nitrogens with one attached hydrogen (secondary N) is 2. The van der Waals surface area contributed by atoms with Gasteiger partial charge < -0.3 is 10.6 Å². The van der Waals surface area contributed by atoms with Crippen LogP contribution in [0.15, 0.2) is 89.8 Å². The highest BCUT2D eigenvalue weighted by Crippen LogP contribution is 2.29. The summed E-state index contributed by atoms with van der Waals surface area (Å²) < 4.78 is 0. The van der Waals surface area contributed by atoms with Crippen molar-refractivity contribution in [1.29, 1.82) is 0 Å². The zero-order chi connectivity index (χ0) is 24.1. The highest BCUT2D eigenvalue weighted by atomic mass is 32.2. The average molecular weight is 469 g/mol. The topological polar surface area (TPSA) is 58.2 Å². The van der Waals surface area contributed by atoms with E-state index in [1.54, 1.807) is 0 Å². The van der Waals surface area contributed by atoms with E-state index in [1.807, 2.05) is 106 Å². The fourth-order valence-corrected chi connectivity index (χ4v) is 4.76. The van der Waals surface area contributed by atoms with Crippen molar-refractivity contribution < 1.29 is 9.59 Å². The molecule has 2 N–H and O–H groups in total. The SMILES string of the molecule is CCC(Sc1cccc(NC(=O)c2ccc3ccccc3c2)c1)C(=O)Nc1cc(C)ccc1C. The van der Waals surface area contributed by atoms with Crippen LogP contribution < -0.4 is 10.6 Å². The number of fused-ring (bicyclic) bond motifs is 1. The van der Waals surface area contributed by atoms with Gasteiger partial charge in [0, 0.05) is 21.8 Å². The Morgan fingerprint density at radius 2 is 1.62 bits per heavy atom. The molecular weight excluding hydrogens is 440 g/mol. The van der Waals surface area contributed by atoms with Crippen molar-refractivity contribution >= 4 is 45.7 Å². The van der Waals surface area contributed by atoms with Crippen molar-refractivity contribution in [3.8, 4) is 0 Å². The third-order valence-corrected chi connectivity index (χ3v) is 7.05. The second-order valence-electron chi connectivity index (χ2n) is 8.37. The van der Waals surface area contributed by atoms with Crippen molar-refractivity contribution in [3.63, 3.8) is 0 Å². The molecule has 0 spiro atoms. The first-order valence-corrected chi connectivity index (χ1v) is 12.3. The number of anilines is 2. The lowest BCUT2D eigenvalue weighted by atomic mass is 10.1. The average Bonchev–Trinajstić information content (AvgIpc) is 2.84. The van der Waals surface area contributed by atoms with Crippen LogP contribution >= 0.6 is 11.8 Å². The van der Waals surface area contributed by atoms with Gasteiger partial charge in [-0.25, -0.2) is 0 Å². The van der Waals surface area contributed by atoms with Gasteiger partial charge in [-0.2, -0.15) is 0 Å². The number of benzene rings is 4. The fraction of sp³-hybridized carbons (Fsp3) is 0.172. The molecule has 0 bridgehead atoms. The molecule has 0 aliphatic carbocycles. The number of carbonyl (C=O) groups excluding carboxylic acids is 2. The summed E-state index contributed by atoms with van der Waals surface area (Å²) in [5.41, 5.74) is 4.30. The van der Waals surface area contributed by atoms with Gasteiger partial charge in [-0.15, -0.1) is 11.8 Å². The van der Waals surface area contributed by atoms with E-state index in [-0.39, 0.29) is 17.1 Å². The summed E-state index contributed by atoms with van der Waals surface area (Å²) in [6, 6.07) is 27.3. The van der Waals surface area contributed by atoms with Crippen molar-refractivity contribution in [1.82, 2.24) is 0 Å². The Kier molecular flexibility index (Phi) is 7.33. The lowest BCUT2D eigenvalue weighted by Crippen LogP contribution is -2.25. The molecule has 4 aromatic carbocycles. The van der Waals surface area contributed by atoms with Crippen molar-refractivity contribution in [2.75, 3.05) is 10.6 Å². The maximum atomic E-state index is 13.0. The Hall–Kier alpha value is -3.57. The van der Waals surface area contributed by atoms with E-state index in [9.17, 15) is 9.59 Å². The largest absolute Gasteiger partial charge is 0.325 e. The van der Waals surface area contributed by atoms with Gasteiger partial charge in [0.25, 0.3) is 5.91 Å². The number of thioether (sulfide) groups is 1. The molecule has 1 unspecified atom stereocenters. The predicted octanol–water partition coefficient (Wildman–Crippen LogP) is 7.22. The predicted molar refractivity (Wildman–Crippen MR) is 143 cm³/mol. The van der Waals surface area contributed by atoms with Gasteiger partial charge in [0.15, 0.2) is 0 Å². The zero-order valence-electron chi connectivity index (χ0n) is 19.6. The molecule has 0 fully saturated rings. The second kappa shape index (κ2) is 10.6. The van der Waals surface area contributed by atoms with Crippen LogP contribution in [0.4, 0.5) is 11.4 Å². The number of rotatable bonds is 7. The van der Waals surface area contributed by atoms with Gasteiger partial charge >= 0.3 is 0 Å². The summed E-state index contributed by atoms with van der Waals surface area (Å²) in [6.45, 7) is 6.01. The number of amides is 2. The molecule has 172 valence electrons. The molecule has 0 heterocycles. The van der Waals surface area contributed by atoms with Crippen molar-refractivity contribution in [2.24, 2.45) is 0 Å². The molecule has 2 amide bonds. The van der Waals surface area contributed by atoms with Gasteiger partial charge in [0.05, 0.1) is 5.25 Å². The summed E-state index contributed by atoms with van der Waals surface area (Å²) in [7, 11) is 0. The Bertz CT molecular complexity index is 1350. The number of hydrogen-bond acceptors (Lipinski definition) is 3. The van der Waals surface area contributed by atoms with Crippen LogP contribution in [-0.2, 0) is 4.79 Å². The van der Waals surface area contributed by atoms with E-state index in [1.165, 1.54) is 11.8 Å². The Labute approximate surface area is 204 Å². The third-order valence-electron chi connectivity index (χ3n) is 5.70. The standard InChI is InChI=1S/C29H28N2O2S/c1-4-27(29(33)31-26-16-19(2)12-13-20(26)3)34-25-11-7-10-24(18-25)30-28(32)23-15-14-21-8-5-6-9-22(21)17-23/h5-18,27H,4H2,1-3H3,(H,30,32)(H,31,33). The van der Waals surface area contributed by atoms with Crippen LogP contribution in [0.5, 0.6) is 0 Å². The first kappa shape index (κ1) is 23.6. The van der Waals surface area contributed by atoms with Crippen LogP contribution in [0.2, 0.25) is 0 Å². The molecule has 4 nitrogen and oxygen atoms in total. The first-order valence-electron chi connectivity index (χ1n) is 11.4. The summed E-state index contributed by atoms with van der Waals surface area (Å²) >= 11 is 1.50. The summed E-state index contributed by atoms with van der Waals surface area (Å²) in [6.07, 6.45) is 0.690. The normalized spacial score (nSPS) is 11.7. The van der Waals surface area contributed by atoms with Gasteiger partial charge in [-0.05, 0) is 78.6 Å². The van der Waals surface area contributed by atoms with E-state index in [4.69, 9.17) is 0 Å². The highest BCUT2D eigenvalue weighted by molar-refractivity contribution is 8.00. The number of hydrogen-bond donors (Lipinski definition) is 2. The minimum absolute atomic E-state index is 0.0215. The van der Waals surface area contributed by atoms with Gasteiger partial charge in [-0.1, -0.05) is 55.5 Å². The van der Waals surface area contributed by atoms with Gasteiger partial charge in [0.1, 0.15) is 0 Å². The van der Waals surface area contributed by atoms with E-state index in [2.05, 4.69) is 10.6 Å². The number of aryl methyl sites for hydroxylation is 2. The van der Waals surface area contributed by atoms with Crippen LogP contribution in [0.25, 0.3) is 10.8 Å². The van der Waals surface area contributed by atoms with Crippen LogP contribution in [-0.4, -0.2) is 17.1 Å². The second-order valence-corrected chi connectivity index (χ2v) is 9.64. The maximum absolute atomic E-state index is 13.0. The maximum Gasteiger partial charge on any atom is 0.255 e. The highest BCUT2D eigenvalue weighted by Gasteiger charge is 2.19. The molecule has 5 heteroatoms. The number of carbonyl (C=O) groups is 2. The van der Waals surface area contributed by atoms with E-state index in [0.29, 0.717) is 17.7 Å². The van der Waals surface area contributed by atoms with E-state index >= 15 is 0 Å². The minimum Gasteiger partial charge on any atom is -0.325 e. The first-order chi connectivity index (χ1) is 16.4.